The van der Waals surface area contributed by atoms with Gasteiger partial charge in [-0.15, -0.1) is 0 Å². The molecule has 2 N–H and O–H groups in total. The van der Waals surface area contributed by atoms with Crippen LogP contribution in [-0.2, 0) is 15.6 Å². The number of methoxy groups -OCH3 is 1. The molecule has 0 atom stereocenters. The molecule has 0 heterocycles. The lowest BCUT2D eigenvalue weighted by molar-refractivity contribution is 0.386. The number of nitrogens with two attached hydrogens (primary N) is 1. The minimum Gasteiger partial charge on any atom is -0.494 e. The fraction of sp³-hybridized carbons (Fsp3) is 0.143. The Kier molecular flexibility index (Phi) is 4.13. The number of anilines is 1. The summed E-state index contributed by atoms with van der Waals surface area (Å²) < 4.78 is 55.9. The van der Waals surface area contributed by atoms with Crippen LogP contribution in [0.3, 0.4) is 0 Å². The normalized spacial score (nSPS) is 11.4. The Morgan fingerprint density at radius 3 is 2.43 bits per heavy atom. The first-order valence-electron chi connectivity index (χ1n) is 5.93. The summed E-state index contributed by atoms with van der Waals surface area (Å²) in [5.41, 5.74) is 5.67. The number of benzene rings is 2. The first kappa shape index (κ1) is 15.2. The van der Waals surface area contributed by atoms with Crippen molar-refractivity contribution in [3.05, 3.63) is 53.6 Å². The molecule has 0 saturated heterocycles. The molecule has 2 aromatic carbocycles. The Balaban J connectivity index is 2.35. The Morgan fingerprint density at radius 2 is 1.86 bits per heavy atom. The van der Waals surface area contributed by atoms with Crippen LogP contribution in [0.1, 0.15) is 5.56 Å². The third-order valence-corrected chi connectivity index (χ3v) is 4.49. The summed E-state index contributed by atoms with van der Waals surface area (Å²) in [7, 11) is -2.51. The summed E-state index contributed by atoms with van der Waals surface area (Å²) in [5.74, 6) is -1.85. The monoisotopic (exact) mass is 313 g/mol. The van der Waals surface area contributed by atoms with Crippen molar-refractivity contribution in [2.75, 3.05) is 12.8 Å². The highest BCUT2D eigenvalue weighted by Crippen LogP contribution is 2.23. The number of sulfone groups is 1. The zero-order valence-electron chi connectivity index (χ0n) is 11.1. The summed E-state index contributed by atoms with van der Waals surface area (Å²) in [4.78, 5) is -0.240. The molecular weight excluding hydrogens is 300 g/mol. The highest BCUT2D eigenvalue weighted by Gasteiger charge is 2.18. The van der Waals surface area contributed by atoms with Crippen molar-refractivity contribution in [3.8, 4) is 5.75 Å². The van der Waals surface area contributed by atoms with Gasteiger partial charge >= 0.3 is 0 Å². The average molecular weight is 313 g/mol. The third kappa shape index (κ3) is 3.49. The number of hydrogen-bond acceptors (Lipinski definition) is 4. The molecule has 2 aromatic rings. The van der Waals surface area contributed by atoms with E-state index in [0.717, 1.165) is 24.3 Å². The van der Waals surface area contributed by atoms with Crippen LogP contribution in [0.25, 0.3) is 0 Å². The highest BCUT2D eigenvalue weighted by molar-refractivity contribution is 7.90. The standard InChI is InChI=1S/C14H13F2NO3S/c1-20-14-3-2-9(4-13(14)16)8-21(18,19)12-6-10(15)5-11(17)7-12/h2-7H,8,17H2,1H3. The summed E-state index contributed by atoms with van der Waals surface area (Å²) in [6.45, 7) is 0. The summed E-state index contributed by atoms with van der Waals surface area (Å²) in [5, 5.41) is 0. The third-order valence-electron chi connectivity index (χ3n) is 2.83. The molecule has 0 spiro atoms. The van der Waals surface area contributed by atoms with Gasteiger partial charge in [0, 0.05) is 5.69 Å². The maximum atomic E-state index is 13.6. The molecule has 0 unspecified atom stereocenters. The van der Waals surface area contributed by atoms with Crippen LogP contribution in [0.5, 0.6) is 5.75 Å². The van der Waals surface area contributed by atoms with Crippen molar-refractivity contribution in [3.63, 3.8) is 0 Å². The van der Waals surface area contributed by atoms with Gasteiger partial charge in [-0.1, -0.05) is 6.07 Å². The Labute approximate surface area is 121 Å². The van der Waals surface area contributed by atoms with Crippen LogP contribution in [0.2, 0.25) is 0 Å². The SMILES string of the molecule is COc1ccc(CS(=O)(=O)c2cc(N)cc(F)c2)cc1F. The van der Waals surface area contributed by atoms with Gasteiger partial charge in [-0.2, -0.15) is 0 Å². The lowest BCUT2D eigenvalue weighted by atomic mass is 10.2. The van der Waals surface area contributed by atoms with E-state index in [1.807, 2.05) is 0 Å². The highest BCUT2D eigenvalue weighted by atomic mass is 32.2. The van der Waals surface area contributed by atoms with Gasteiger partial charge in [0.25, 0.3) is 0 Å². The van der Waals surface area contributed by atoms with Crippen LogP contribution >= 0.6 is 0 Å². The molecule has 21 heavy (non-hydrogen) atoms. The second kappa shape index (κ2) is 5.69. The van der Waals surface area contributed by atoms with E-state index in [1.165, 1.54) is 19.2 Å². The molecule has 0 aliphatic carbocycles. The van der Waals surface area contributed by atoms with Gasteiger partial charge < -0.3 is 10.5 Å². The number of hydrogen-bond donors (Lipinski definition) is 1. The number of nitrogen functional groups attached to an aromatic ring is 1. The van der Waals surface area contributed by atoms with Gasteiger partial charge in [-0.05, 0) is 35.9 Å². The molecule has 0 fully saturated rings. The lowest BCUT2D eigenvalue weighted by Gasteiger charge is -2.08. The maximum absolute atomic E-state index is 13.6. The van der Waals surface area contributed by atoms with E-state index in [-0.39, 0.29) is 21.9 Å². The van der Waals surface area contributed by atoms with Crippen LogP contribution in [0.4, 0.5) is 14.5 Å². The second-order valence-corrected chi connectivity index (χ2v) is 6.44. The first-order chi connectivity index (χ1) is 9.81. The Bertz CT molecular complexity index is 756. The van der Waals surface area contributed by atoms with Crippen LogP contribution in [0.15, 0.2) is 41.3 Å². The quantitative estimate of drug-likeness (QED) is 0.881. The fourth-order valence-electron chi connectivity index (χ4n) is 1.87. The van der Waals surface area contributed by atoms with Crippen molar-refractivity contribution >= 4 is 15.5 Å². The zero-order chi connectivity index (χ0) is 15.6. The van der Waals surface area contributed by atoms with Crippen molar-refractivity contribution in [2.24, 2.45) is 0 Å². The molecule has 0 amide bonds. The lowest BCUT2D eigenvalue weighted by Crippen LogP contribution is -2.06. The number of halogens is 2. The van der Waals surface area contributed by atoms with E-state index >= 15 is 0 Å². The Morgan fingerprint density at radius 1 is 1.14 bits per heavy atom. The van der Waals surface area contributed by atoms with Crippen molar-refractivity contribution in [1.29, 1.82) is 0 Å². The predicted molar refractivity (Wildman–Crippen MR) is 74.7 cm³/mol. The van der Waals surface area contributed by atoms with E-state index < -0.39 is 27.2 Å². The van der Waals surface area contributed by atoms with Crippen LogP contribution in [0, 0.1) is 11.6 Å². The van der Waals surface area contributed by atoms with Gasteiger partial charge in [0.05, 0.1) is 17.8 Å². The van der Waals surface area contributed by atoms with E-state index in [0.29, 0.717) is 0 Å². The second-order valence-electron chi connectivity index (χ2n) is 4.45. The molecule has 0 aliphatic heterocycles. The van der Waals surface area contributed by atoms with E-state index in [4.69, 9.17) is 10.5 Å². The van der Waals surface area contributed by atoms with Crippen molar-refractivity contribution in [2.45, 2.75) is 10.6 Å². The maximum Gasteiger partial charge on any atom is 0.182 e. The molecular formula is C14H13F2NO3S. The predicted octanol–water partition coefficient (Wildman–Crippen LogP) is 2.53. The smallest absolute Gasteiger partial charge is 0.182 e. The van der Waals surface area contributed by atoms with E-state index in [2.05, 4.69) is 0 Å². The Hall–Kier alpha value is -2.15. The van der Waals surface area contributed by atoms with Gasteiger partial charge in [-0.25, -0.2) is 17.2 Å². The first-order valence-corrected chi connectivity index (χ1v) is 7.58. The summed E-state index contributed by atoms with van der Waals surface area (Å²) in [6.07, 6.45) is 0. The van der Waals surface area contributed by atoms with Crippen LogP contribution < -0.4 is 10.5 Å². The van der Waals surface area contributed by atoms with Gasteiger partial charge in [0.2, 0.25) is 0 Å². The topological polar surface area (TPSA) is 69.4 Å². The summed E-state index contributed by atoms with van der Waals surface area (Å²) in [6, 6.07) is 6.90. The largest absolute Gasteiger partial charge is 0.494 e. The number of rotatable bonds is 4. The summed E-state index contributed by atoms with van der Waals surface area (Å²) >= 11 is 0. The molecule has 0 aliphatic rings. The molecule has 2 rings (SSSR count). The van der Waals surface area contributed by atoms with Gasteiger partial charge in [-0.3, -0.25) is 0 Å². The molecule has 7 heteroatoms. The van der Waals surface area contributed by atoms with Crippen LogP contribution in [-0.4, -0.2) is 15.5 Å². The van der Waals surface area contributed by atoms with Crippen molar-refractivity contribution in [1.82, 2.24) is 0 Å². The molecule has 0 aromatic heterocycles. The minimum atomic E-state index is -3.82. The minimum absolute atomic E-state index is 0.00878. The molecule has 0 radical (unpaired) electrons. The van der Waals surface area contributed by atoms with Crippen molar-refractivity contribution < 1.29 is 21.9 Å². The zero-order valence-corrected chi connectivity index (χ0v) is 12.0. The molecule has 0 saturated carbocycles. The molecule has 112 valence electrons. The van der Waals surface area contributed by atoms with E-state index in [9.17, 15) is 17.2 Å². The number of ether oxygens (including phenoxy) is 1. The van der Waals surface area contributed by atoms with E-state index in [1.54, 1.807) is 0 Å². The molecule has 4 nitrogen and oxygen atoms in total. The average Bonchev–Trinajstić information content (AvgIpc) is 2.37. The molecule has 0 bridgehead atoms. The van der Waals surface area contributed by atoms with Gasteiger partial charge in [0.15, 0.2) is 21.4 Å². The fourth-order valence-corrected chi connectivity index (χ4v) is 3.26. The van der Waals surface area contributed by atoms with Gasteiger partial charge in [0.1, 0.15) is 5.82 Å².